The molecule has 5 atom stereocenters. The molecule has 0 amide bonds. The highest BCUT2D eigenvalue weighted by molar-refractivity contribution is 6.30. The Balaban J connectivity index is 1.83. The molecule has 160 valence electrons. The Morgan fingerprint density at radius 1 is 1.28 bits per heavy atom. The average Bonchev–Trinajstić information content (AvgIpc) is 2.93. The Morgan fingerprint density at radius 3 is 2.79 bits per heavy atom. The minimum atomic E-state index is -0.855. The summed E-state index contributed by atoms with van der Waals surface area (Å²) in [4.78, 5) is 10.5. The lowest BCUT2D eigenvalue weighted by molar-refractivity contribution is -0.137. The smallest absolute Gasteiger partial charge is 0.303 e. The maximum absolute atomic E-state index is 10.5. The highest BCUT2D eigenvalue weighted by Crippen LogP contribution is 2.36. The third-order valence-corrected chi connectivity index (χ3v) is 5.26. The quantitative estimate of drug-likeness (QED) is 0.321. The minimum absolute atomic E-state index is 0.0519. The summed E-state index contributed by atoms with van der Waals surface area (Å²) in [7, 11) is 0. The van der Waals surface area contributed by atoms with Gasteiger partial charge < -0.3 is 25.2 Å². The standard InChI is InChI=1S/C22H29ClO6/c23-15-6-5-7-17(12-15)29-14-16(24)10-11-19-18(20(25)13-21(19)26)8-3-1-2-4-9-22(27)28/h1,3,5-7,10-12,16,18-21,24-26H,2,4,8-9,13-14H2,(H,27,28)/t16-,18-,19-,20-,21+/m1/s1. The fourth-order valence-electron chi connectivity index (χ4n) is 3.50. The summed E-state index contributed by atoms with van der Waals surface area (Å²) < 4.78 is 5.51. The van der Waals surface area contributed by atoms with Crippen molar-refractivity contribution in [2.45, 2.75) is 50.4 Å². The molecular weight excluding hydrogens is 396 g/mol. The minimum Gasteiger partial charge on any atom is -0.491 e. The average molecular weight is 425 g/mol. The lowest BCUT2D eigenvalue weighted by Crippen LogP contribution is -2.21. The van der Waals surface area contributed by atoms with Crippen LogP contribution in [0, 0.1) is 11.8 Å². The van der Waals surface area contributed by atoms with Crippen molar-refractivity contribution >= 4 is 17.6 Å². The van der Waals surface area contributed by atoms with Gasteiger partial charge in [-0.2, -0.15) is 0 Å². The zero-order valence-electron chi connectivity index (χ0n) is 16.2. The molecule has 0 spiro atoms. The van der Waals surface area contributed by atoms with Crippen molar-refractivity contribution in [3.8, 4) is 5.75 Å². The summed E-state index contributed by atoms with van der Waals surface area (Å²) in [5.74, 6) is -0.671. The van der Waals surface area contributed by atoms with Crippen LogP contribution in [-0.2, 0) is 4.79 Å². The fourth-order valence-corrected chi connectivity index (χ4v) is 3.68. The van der Waals surface area contributed by atoms with Gasteiger partial charge in [0.15, 0.2) is 0 Å². The summed E-state index contributed by atoms with van der Waals surface area (Å²) in [5.41, 5.74) is 0. The Bertz CT molecular complexity index is 704. The first-order valence-electron chi connectivity index (χ1n) is 9.84. The third-order valence-electron chi connectivity index (χ3n) is 5.02. The van der Waals surface area contributed by atoms with Crippen molar-refractivity contribution in [2.75, 3.05) is 6.61 Å². The summed E-state index contributed by atoms with van der Waals surface area (Å²) in [6.45, 7) is 0.0519. The van der Waals surface area contributed by atoms with E-state index in [0.29, 0.717) is 36.5 Å². The molecule has 0 heterocycles. The van der Waals surface area contributed by atoms with Crippen LogP contribution in [0.2, 0.25) is 5.02 Å². The third kappa shape index (κ3) is 8.19. The predicted octanol–water partition coefficient (Wildman–Crippen LogP) is 3.20. The first kappa shape index (κ1) is 23.4. The maximum Gasteiger partial charge on any atom is 0.303 e. The summed E-state index contributed by atoms with van der Waals surface area (Å²) >= 11 is 5.90. The van der Waals surface area contributed by atoms with Gasteiger partial charge in [0.2, 0.25) is 0 Å². The number of ether oxygens (including phenoxy) is 1. The van der Waals surface area contributed by atoms with Gasteiger partial charge in [-0.05, 0) is 43.4 Å². The lowest BCUT2D eigenvalue weighted by Gasteiger charge is -2.19. The Labute approximate surface area is 176 Å². The molecule has 2 rings (SSSR count). The molecule has 0 unspecified atom stereocenters. The molecule has 1 aromatic carbocycles. The molecular formula is C22H29ClO6. The maximum atomic E-state index is 10.5. The van der Waals surface area contributed by atoms with Crippen LogP contribution in [0.5, 0.6) is 5.75 Å². The zero-order valence-corrected chi connectivity index (χ0v) is 17.0. The number of unbranched alkanes of at least 4 members (excludes halogenated alkanes) is 1. The number of hydrogen-bond donors (Lipinski definition) is 4. The Kier molecular flexibility index (Phi) is 9.67. The molecule has 0 radical (unpaired) electrons. The van der Waals surface area contributed by atoms with Crippen LogP contribution in [0.3, 0.4) is 0 Å². The number of halogens is 1. The molecule has 0 bridgehead atoms. The van der Waals surface area contributed by atoms with Crippen molar-refractivity contribution in [3.05, 3.63) is 53.6 Å². The van der Waals surface area contributed by atoms with Crippen LogP contribution < -0.4 is 4.74 Å². The van der Waals surface area contributed by atoms with Gasteiger partial charge in [0.1, 0.15) is 18.5 Å². The first-order valence-corrected chi connectivity index (χ1v) is 10.2. The van der Waals surface area contributed by atoms with Gasteiger partial charge in [-0.25, -0.2) is 0 Å². The molecule has 0 aliphatic heterocycles. The number of carboxylic acids is 1. The molecule has 4 N–H and O–H groups in total. The number of carbonyl (C=O) groups is 1. The van der Waals surface area contributed by atoms with Crippen LogP contribution in [0.15, 0.2) is 48.6 Å². The molecule has 0 aromatic heterocycles. The Morgan fingerprint density at radius 2 is 2.07 bits per heavy atom. The molecule has 1 aliphatic rings. The largest absolute Gasteiger partial charge is 0.491 e. The second-order valence-corrected chi connectivity index (χ2v) is 7.76. The number of aliphatic hydroxyl groups is 3. The van der Waals surface area contributed by atoms with E-state index in [1.165, 1.54) is 0 Å². The summed E-state index contributed by atoms with van der Waals surface area (Å²) in [6, 6.07) is 6.90. The molecule has 1 aliphatic carbocycles. The van der Waals surface area contributed by atoms with Crippen LogP contribution in [0.25, 0.3) is 0 Å². The van der Waals surface area contributed by atoms with E-state index >= 15 is 0 Å². The van der Waals surface area contributed by atoms with Gasteiger partial charge in [-0.3, -0.25) is 4.79 Å². The van der Waals surface area contributed by atoms with Gasteiger partial charge in [0.25, 0.3) is 0 Å². The SMILES string of the molecule is O=C(O)CCCC=CC[C@@H]1[C@@H](C=C[C@@H](O)COc2cccc(Cl)c2)[C@@H](O)C[C@H]1O. The normalized spacial score (nSPS) is 25.7. The number of rotatable bonds is 11. The molecule has 1 fully saturated rings. The van der Waals surface area contributed by atoms with Crippen LogP contribution in [0.1, 0.15) is 32.1 Å². The highest BCUT2D eigenvalue weighted by atomic mass is 35.5. The van der Waals surface area contributed by atoms with E-state index in [-0.39, 0.29) is 24.9 Å². The number of benzene rings is 1. The van der Waals surface area contributed by atoms with Gasteiger partial charge in [0.05, 0.1) is 12.2 Å². The van der Waals surface area contributed by atoms with E-state index < -0.39 is 24.3 Å². The second-order valence-electron chi connectivity index (χ2n) is 7.33. The van der Waals surface area contributed by atoms with E-state index in [1.54, 1.807) is 36.4 Å². The van der Waals surface area contributed by atoms with Crippen molar-refractivity contribution in [1.82, 2.24) is 0 Å². The van der Waals surface area contributed by atoms with E-state index in [1.807, 2.05) is 12.2 Å². The lowest BCUT2D eigenvalue weighted by atomic mass is 9.89. The summed E-state index contributed by atoms with van der Waals surface area (Å²) in [6.07, 6.45) is 7.26. The first-order chi connectivity index (χ1) is 13.9. The molecule has 0 saturated heterocycles. The Hall–Kier alpha value is -1.86. The van der Waals surface area contributed by atoms with Crippen LogP contribution in [0.4, 0.5) is 0 Å². The fraction of sp³-hybridized carbons (Fsp3) is 0.500. The van der Waals surface area contributed by atoms with Gasteiger partial charge in [-0.1, -0.05) is 42.0 Å². The van der Waals surface area contributed by atoms with E-state index in [2.05, 4.69) is 0 Å². The van der Waals surface area contributed by atoms with Crippen molar-refractivity contribution in [3.63, 3.8) is 0 Å². The number of aliphatic carboxylic acids is 1. The van der Waals surface area contributed by atoms with E-state index in [9.17, 15) is 20.1 Å². The van der Waals surface area contributed by atoms with E-state index in [4.69, 9.17) is 21.4 Å². The molecule has 7 heteroatoms. The van der Waals surface area contributed by atoms with Crippen molar-refractivity contribution in [1.29, 1.82) is 0 Å². The summed E-state index contributed by atoms with van der Waals surface area (Å²) in [5, 5.41) is 39.8. The van der Waals surface area contributed by atoms with Gasteiger partial charge >= 0.3 is 5.97 Å². The number of allylic oxidation sites excluding steroid dienone is 2. The number of hydrogen-bond acceptors (Lipinski definition) is 5. The van der Waals surface area contributed by atoms with Crippen LogP contribution in [-0.4, -0.2) is 51.3 Å². The van der Waals surface area contributed by atoms with Gasteiger partial charge in [-0.15, -0.1) is 0 Å². The predicted molar refractivity (Wildman–Crippen MR) is 111 cm³/mol. The monoisotopic (exact) mass is 424 g/mol. The van der Waals surface area contributed by atoms with E-state index in [0.717, 1.165) is 0 Å². The van der Waals surface area contributed by atoms with Crippen molar-refractivity contribution in [2.24, 2.45) is 11.8 Å². The molecule has 6 nitrogen and oxygen atoms in total. The van der Waals surface area contributed by atoms with Crippen LogP contribution >= 0.6 is 11.6 Å². The second kappa shape index (κ2) is 12.0. The highest BCUT2D eigenvalue weighted by Gasteiger charge is 2.39. The number of carboxylic acid groups (broad SMARTS) is 1. The van der Waals surface area contributed by atoms with Gasteiger partial charge in [0, 0.05) is 23.8 Å². The molecule has 29 heavy (non-hydrogen) atoms. The topological polar surface area (TPSA) is 107 Å². The molecule has 1 saturated carbocycles. The zero-order chi connectivity index (χ0) is 21.2. The van der Waals surface area contributed by atoms with Crippen molar-refractivity contribution < 1.29 is 30.0 Å². The number of aliphatic hydroxyl groups excluding tert-OH is 3. The molecule has 1 aromatic rings.